The second kappa shape index (κ2) is 6.80. The molecule has 0 aliphatic heterocycles. The van der Waals surface area contributed by atoms with Crippen molar-refractivity contribution in [2.24, 2.45) is 0 Å². The Morgan fingerprint density at radius 3 is 2.79 bits per heavy atom. The Kier molecular flexibility index (Phi) is 4.39. The van der Waals surface area contributed by atoms with Crippen molar-refractivity contribution >= 4 is 22.5 Å². The highest BCUT2D eigenvalue weighted by molar-refractivity contribution is 5.94. The predicted molar refractivity (Wildman–Crippen MR) is 93.6 cm³/mol. The lowest BCUT2D eigenvalue weighted by molar-refractivity contribution is 0.0963. The van der Waals surface area contributed by atoms with Crippen LogP contribution >= 0.6 is 0 Å². The summed E-state index contributed by atoms with van der Waals surface area (Å²) < 4.78 is 0. The third-order valence-electron chi connectivity index (χ3n) is 3.73. The first-order chi connectivity index (χ1) is 11.7. The molecule has 0 unspecified atom stereocenters. The van der Waals surface area contributed by atoms with Crippen LogP contribution in [0.5, 0.6) is 0 Å². The molecule has 1 heterocycles. The number of fused-ring (bicyclic) bond motifs is 1. The van der Waals surface area contributed by atoms with Gasteiger partial charge in [-0.25, -0.2) is 4.98 Å². The third kappa shape index (κ3) is 3.18. The van der Waals surface area contributed by atoms with Crippen molar-refractivity contribution in [3.8, 4) is 6.07 Å². The van der Waals surface area contributed by atoms with Crippen LogP contribution in [0.15, 0.2) is 54.6 Å². The van der Waals surface area contributed by atoms with E-state index in [0.29, 0.717) is 17.8 Å². The molecular formula is C19H16N4O. The highest BCUT2D eigenvalue weighted by atomic mass is 16.1. The minimum atomic E-state index is -0.113. The SMILES string of the molecule is CNC(=O)c1cccc(CNc2cc(C#N)nc3ccccc23)c1. The number of benzene rings is 2. The van der Waals surface area contributed by atoms with Crippen LogP contribution in [0, 0.1) is 11.3 Å². The van der Waals surface area contributed by atoms with Crippen molar-refractivity contribution in [1.82, 2.24) is 10.3 Å². The third-order valence-corrected chi connectivity index (χ3v) is 3.73. The van der Waals surface area contributed by atoms with Crippen LogP contribution in [-0.4, -0.2) is 17.9 Å². The zero-order chi connectivity index (χ0) is 16.9. The van der Waals surface area contributed by atoms with Gasteiger partial charge in [-0.2, -0.15) is 5.26 Å². The lowest BCUT2D eigenvalue weighted by Gasteiger charge is -2.11. The standard InChI is InChI=1S/C19H16N4O/c1-21-19(24)14-6-4-5-13(9-14)12-22-18-10-15(11-20)23-17-8-3-2-7-16(17)18/h2-10H,12H2,1H3,(H,21,24)(H,22,23). The number of pyridine rings is 1. The number of amides is 1. The van der Waals surface area contributed by atoms with Gasteiger partial charge < -0.3 is 10.6 Å². The van der Waals surface area contributed by atoms with Gasteiger partial charge in [0, 0.05) is 30.2 Å². The molecule has 2 aromatic carbocycles. The molecule has 3 rings (SSSR count). The van der Waals surface area contributed by atoms with E-state index >= 15 is 0 Å². The Bertz CT molecular complexity index is 943. The molecule has 0 radical (unpaired) electrons. The van der Waals surface area contributed by atoms with E-state index in [1.54, 1.807) is 19.2 Å². The van der Waals surface area contributed by atoms with Crippen LogP contribution in [0.3, 0.4) is 0 Å². The minimum absolute atomic E-state index is 0.113. The molecule has 0 spiro atoms. The average Bonchev–Trinajstić information content (AvgIpc) is 2.65. The van der Waals surface area contributed by atoms with Crippen LogP contribution < -0.4 is 10.6 Å². The smallest absolute Gasteiger partial charge is 0.251 e. The number of aromatic nitrogens is 1. The topological polar surface area (TPSA) is 77.8 Å². The molecule has 0 aliphatic rings. The molecule has 0 bridgehead atoms. The molecule has 0 atom stereocenters. The number of nitrogens with zero attached hydrogens (tertiary/aromatic N) is 2. The second-order valence-corrected chi connectivity index (χ2v) is 5.32. The minimum Gasteiger partial charge on any atom is -0.380 e. The summed E-state index contributed by atoms with van der Waals surface area (Å²) in [6.07, 6.45) is 0. The molecule has 5 nitrogen and oxygen atoms in total. The first kappa shape index (κ1) is 15.5. The van der Waals surface area contributed by atoms with E-state index in [1.165, 1.54) is 0 Å². The van der Waals surface area contributed by atoms with Crippen molar-refractivity contribution in [3.63, 3.8) is 0 Å². The van der Waals surface area contributed by atoms with E-state index in [9.17, 15) is 4.79 Å². The zero-order valence-corrected chi connectivity index (χ0v) is 13.2. The van der Waals surface area contributed by atoms with Gasteiger partial charge in [0.25, 0.3) is 5.91 Å². The highest BCUT2D eigenvalue weighted by Crippen LogP contribution is 2.23. The monoisotopic (exact) mass is 316 g/mol. The predicted octanol–water partition coefficient (Wildman–Crippen LogP) is 3.08. The molecule has 1 amide bonds. The summed E-state index contributed by atoms with van der Waals surface area (Å²) in [6, 6.07) is 18.9. The fourth-order valence-corrected chi connectivity index (χ4v) is 2.54. The normalized spacial score (nSPS) is 10.2. The maximum Gasteiger partial charge on any atom is 0.251 e. The summed E-state index contributed by atoms with van der Waals surface area (Å²) in [4.78, 5) is 16.0. The zero-order valence-electron chi connectivity index (χ0n) is 13.2. The summed E-state index contributed by atoms with van der Waals surface area (Å²) in [5, 5.41) is 16.1. The molecule has 3 aromatic rings. The summed E-state index contributed by atoms with van der Waals surface area (Å²) in [7, 11) is 1.61. The Balaban J connectivity index is 1.88. The summed E-state index contributed by atoms with van der Waals surface area (Å²) in [6.45, 7) is 0.545. The fourth-order valence-electron chi connectivity index (χ4n) is 2.54. The van der Waals surface area contributed by atoms with Gasteiger partial charge in [-0.15, -0.1) is 0 Å². The van der Waals surface area contributed by atoms with Crippen molar-refractivity contribution in [1.29, 1.82) is 5.26 Å². The first-order valence-electron chi connectivity index (χ1n) is 7.56. The van der Waals surface area contributed by atoms with Crippen LogP contribution in [0.25, 0.3) is 10.9 Å². The Labute approximate surface area is 140 Å². The molecular weight excluding hydrogens is 300 g/mol. The van der Waals surface area contributed by atoms with Crippen molar-refractivity contribution in [2.75, 3.05) is 12.4 Å². The number of anilines is 1. The molecule has 0 fully saturated rings. The molecule has 5 heteroatoms. The maximum atomic E-state index is 11.7. The lowest BCUT2D eigenvalue weighted by Crippen LogP contribution is -2.18. The average molecular weight is 316 g/mol. The van der Waals surface area contributed by atoms with Crippen molar-refractivity contribution in [2.45, 2.75) is 6.54 Å². The van der Waals surface area contributed by atoms with Gasteiger partial charge in [-0.1, -0.05) is 30.3 Å². The Hall–Kier alpha value is -3.39. The van der Waals surface area contributed by atoms with Gasteiger partial charge in [-0.05, 0) is 29.8 Å². The fraction of sp³-hybridized carbons (Fsp3) is 0.105. The number of nitrogens with one attached hydrogen (secondary N) is 2. The van der Waals surface area contributed by atoms with Gasteiger partial charge in [0.05, 0.1) is 5.52 Å². The number of carbonyl (C=O) groups excluding carboxylic acids is 1. The Morgan fingerprint density at radius 2 is 2.00 bits per heavy atom. The van der Waals surface area contributed by atoms with E-state index in [4.69, 9.17) is 5.26 Å². The van der Waals surface area contributed by atoms with Gasteiger partial charge in [0.15, 0.2) is 0 Å². The summed E-state index contributed by atoms with van der Waals surface area (Å²) >= 11 is 0. The Morgan fingerprint density at radius 1 is 1.17 bits per heavy atom. The van der Waals surface area contributed by atoms with Crippen LogP contribution in [0.2, 0.25) is 0 Å². The van der Waals surface area contributed by atoms with E-state index in [0.717, 1.165) is 22.2 Å². The summed E-state index contributed by atoms with van der Waals surface area (Å²) in [5.74, 6) is -0.113. The van der Waals surface area contributed by atoms with E-state index < -0.39 is 0 Å². The molecule has 0 aliphatic carbocycles. The quantitative estimate of drug-likeness (QED) is 0.775. The number of nitriles is 1. The molecule has 118 valence electrons. The molecule has 0 saturated heterocycles. The second-order valence-electron chi connectivity index (χ2n) is 5.32. The lowest BCUT2D eigenvalue weighted by atomic mass is 10.1. The van der Waals surface area contributed by atoms with E-state index in [2.05, 4.69) is 21.7 Å². The van der Waals surface area contributed by atoms with Crippen LogP contribution in [0.1, 0.15) is 21.6 Å². The largest absolute Gasteiger partial charge is 0.380 e. The van der Waals surface area contributed by atoms with Crippen LogP contribution in [-0.2, 0) is 6.54 Å². The molecule has 24 heavy (non-hydrogen) atoms. The first-order valence-corrected chi connectivity index (χ1v) is 7.56. The number of para-hydroxylation sites is 1. The van der Waals surface area contributed by atoms with Gasteiger partial charge in [0.1, 0.15) is 11.8 Å². The highest BCUT2D eigenvalue weighted by Gasteiger charge is 2.07. The molecule has 0 saturated carbocycles. The number of hydrogen-bond acceptors (Lipinski definition) is 4. The van der Waals surface area contributed by atoms with E-state index in [1.807, 2.05) is 42.5 Å². The maximum absolute atomic E-state index is 11.7. The van der Waals surface area contributed by atoms with Gasteiger partial charge in [0.2, 0.25) is 0 Å². The van der Waals surface area contributed by atoms with E-state index in [-0.39, 0.29) is 5.91 Å². The van der Waals surface area contributed by atoms with Gasteiger partial charge >= 0.3 is 0 Å². The number of carbonyl (C=O) groups is 1. The van der Waals surface area contributed by atoms with Gasteiger partial charge in [-0.3, -0.25) is 4.79 Å². The van der Waals surface area contributed by atoms with Crippen molar-refractivity contribution in [3.05, 3.63) is 71.4 Å². The molecule has 2 N–H and O–H groups in total. The summed E-state index contributed by atoms with van der Waals surface area (Å²) in [5.41, 5.74) is 3.60. The van der Waals surface area contributed by atoms with Crippen LogP contribution in [0.4, 0.5) is 5.69 Å². The van der Waals surface area contributed by atoms with Crippen molar-refractivity contribution < 1.29 is 4.79 Å². The molecule has 1 aromatic heterocycles. The number of rotatable bonds is 4. The number of hydrogen-bond donors (Lipinski definition) is 2.